The monoisotopic (exact) mass is 733 g/mol. The summed E-state index contributed by atoms with van der Waals surface area (Å²) in [6.07, 6.45) is 2.18. The Labute approximate surface area is 280 Å². The second-order valence-electron chi connectivity index (χ2n) is 5.31. The maximum Gasteiger partial charge on any atom is 0.252 e. The van der Waals surface area contributed by atoms with Gasteiger partial charge in [-0.3, -0.25) is 16.0 Å². The molecule has 2 aliphatic rings. The summed E-state index contributed by atoms with van der Waals surface area (Å²) < 4.78 is 5.69. The SMILES string of the molecule is CC(=O)NC1COc2ccc(N3C[CH-]C3)cc2N(C)C1=O.[Y].[Y].[Y].[Y].[Y]. The van der Waals surface area contributed by atoms with Crippen LogP contribution in [0.25, 0.3) is 0 Å². The third-order valence-corrected chi connectivity index (χ3v) is 3.78. The molecule has 0 aromatic heterocycles. The number of anilines is 2. The Morgan fingerprint density at radius 3 is 2.31 bits per heavy atom. The molecule has 0 spiro atoms. The van der Waals surface area contributed by atoms with E-state index in [0.29, 0.717) is 5.75 Å². The van der Waals surface area contributed by atoms with Gasteiger partial charge in [-0.1, -0.05) is 0 Å². The molecular weight excluding hydrogens is 715 g/mol. The van der Waals surface area contributed by atoms with Crippen LogP contribution in [0.5, 0.6) is 5.75 Å². The standard InChI is InChI=1S/C15H18N3O3.5Y/c1-10(19)16-12-9-21-14-5-4-11(18-6-3-7-18)8-13(14)17(2)15(12)20;;;;;/h3-5,8,12H,6-7,9H2,1-2H3,(H,16,19);;;;;/q-1;;;;;. The fourth-order valence-electron chi connectivity index (χ4n) is 2.50. The summed E-state index contributed by atoms with van der Waals surface area (Å²) in [6.45, 7) is 3.38. The molecule has 11 heteroatoms. The number of carbonyl (C=O) groups is 2. The number of amides is 2. The van der Waals surface area contributed by atoms with Gasteiger partial charge in [0, 0.05) is 183 Å². The number of carbonyl (C=O) groups excluding carboxylic acids is 2. The summed E-state index contributed by atoms with van der Waals surface area (Å²) >= 11 is 0. The molecule has 0 aliphatic carbocycles. The number of nitrogens with zero attached hydrogens (tertiary/aromatic N) is 2. The van der Waals surface area contributed by atoms with Crippen LogP contribution in [0.2, 0.25) is 0 Å². The Bertz CT molecular complexity index is 602. The van der Waals surface area contributed by atoms with Crippen LogP contribution in [0.4, 0.5) is 11.4 Å². The number of fused-ring (bicyclic) bond motifs is 1. The second-order valence-corrected chi connectivity index (χ2v) is 5.31. The van der Waals surface area contributed by atoms with Gasteiger partial charge >= 0.3 is 0 Å². The fourth-order valence-corrected chi connectivity index (χ4v) is 2.50. The molecule has 3 rings (SSSR count). The number of nitrogens with one attached hydrogen (secondary N) is 1. The Balaban J connectivity index is -0.00000106. The van der Waals surface area contributed by atoms with E-state index >= 15 is 0 Å². The van der Waals surface area contributed by atoms with E-state index < -0.39 is 6.04 Å². The third kappa shape index (κ3) is 8.43. The maximum absolute atomic E-state index is 12.4. The molecule has 2 amide bonds. The average molecular weight is 733 g/mol. The molecule has 1 N–H and O–H groups in total. The molecule has 1 atom stereocenters. The fraction of sp³-hybridized carbons (Fsp3) is 0.400. The molecule has 6 nitrogen and oxygen atoms in total. The maximum atomic E-state index is 12.4. The van der Waals surface area contributed by atoms with Gasteiger partial charge in [-0.05, 0) is 18.2 Å². The predicted molar refractivity (Wildman–Crippen MR) is 79.5 cm³/mol. The van der Waals surface area contributed by atoms with Crippen LogP contribution in [0.1, 0.15) is 6.92 Å². The van der Waals surface area contributed by atoms with Crippen LogP contribution >= 0.6 is 0 Å². The van der Waals surface area contributed by atoms with E-state index in [1.807, 2.05) is 18.2 Å². The Morgan fingerprint density at radius 2 is 1.81 bits per heavy atom. The van der Waals surface area contributed by atoms with Crippen LogP contribution in [-0.4, -0.2) is 44.6 Å². The van der Waals surface area contributed by atoms with Crippen LogP contribution < -0.4 is 19.9 Å². The molecule has 1 fully saturated rings. The van der Waals surface area contributed by atoms with Crippen molar-refractivity contribution < 1.29 is 178 Å². The molecule has 1 unspecified atom stereocenters. The van der Waals surface area contributed by atoms with Crippen molar-refractivity contribution in [3.05, 3.63) is 24.6 Å². The van der Waals surface area contributed by atoms with Crippen LogP contribution in [0.15, 0.2) is 18.2 Å². The number of likely N-dealkylation sites (N-methyl/N-ethyl adjacent to an activating group) is 1. The molecule has 0 saturated carbocycles. The zero-order valence-electron chi connectivity index (χ0n) is 15.0. The normalized spacial score (nSPS) is 17.0. The second kappa shape index (κ2) is 16.0. The van der Waals surface area contributed by atoms with Gasteiger partial charge in [0.05, 0.1) is 5.69 Å². The molecule has 2 heterocycles. The van der Waals surface area contributed by atoms with Crippen molar-refractivity contribution in [1.82, 2.24) is 5.32 Å². The first-order valence-electron chi connectivity index (χ1n) is 6.94. The van der Waals surface area contributed by atoms with Crippen molar-refractivity contribution in [3.63, 3.8) is 0 Å². The van der Waals surface area contributed by atoms with Gasteiger partial charge in [0.15, 0.2) is 0 Å². The first-order chi connectivity index (χ1) is 10.1. The van der Waals surface area contributed by atoms with Crippen molar-refractivity contribution in [2.45, 2.75) is 13.0 Å². The number of ether oxygens (including phenoxy) is 1. The van der Waals surface area contributed by atoms with Gasteiger partial charge in [-0.25, -0.2) is 0 Å². The van der Waals surface area contributed by atoms with Gasteiger partial charge in [-0.2, -0.15) is 0 Å². The summed E-state index contributed by atoms with van der Waals surface area (Å²) in [5, 5.41) is 2.63. The summed E-state index contributed by atoms with van der Waals surface area (Å²) in [6, 6.07) is 5.17. The Morgan fingerprint density at radius 1 is 1.19 bits per heavy atom. The smallest absolute Gasteiger partial charge is 0.252 e. The molecular formula is C15H18N3O3Y5-. The number of hydrogen-bond acceptors (Lipinski definition) is 4. The number of rotatable bonds is 2. The van der Waals surface area contributed by atoms with Crippen molar-refractivity contribution in [2.75, 3.05) is 36.5 Å². The quantitative estimate of drug-likeness (QED) is 0.452. The van der Waals surface area contributed by atoms with E-state index in [4.69, 9.17) is 4.74 Å². The topological polar surface area (TPSA) is 61.9 Å². The Hall–Kier alpha value is 3.28. The zero-order chi connectivity index (χ0) is 15.0. The minimum absolute atomic E-state index is 0. The first-order valence-corrected chi connectivity index (χ1v) is 6.94. The summed E-state index contributed by atoms with van der Waals surface area (Å²) in [5.41, 5.74) is 1.80. The van der Waals surface area contributed by atoms with Gasteiger partial charge in [0.25, 0.3) is 5.91 Å². The first kappa shape index (κ1) is 33.9. The summed E-state index contributed by atoms with van der Waals surface area (Å²) in [7, 11) is 1.71. The van der Waals surface area contributed by atoms with Gasteiger partial charge in [0.1, 0.15) is 18.4 Å². The van der Waals surface area contributed by atoms with E-state index in [0.717, 1.165) is 24.5 Å². The molecule has 5 radical (unpaired) electrons. The van der Waals surface area contributed by atoms with Crippen molar-refractivity contribution >= 4 is 23.2 Å². The average Bonchev–Trinajstić information content (AvgIpc) is 2.49. The van der Waals surface area contributed by atoms with Crippen molar-refractivity contribution in [2.24, 2.45) is 0 Å². The van der Waals surface area contributed by atoms with Crippen molar-refractivity contribution in [3.8, 4) is 5.75 Å². The van der Waals surface area contributed by atoms with Crippen LogP contribution in [0, 0.1) is 6.42 Å². The Kier molecular flexibility index (Phi) is 20.9. The predicted octanol–water partition coefficient (Wildman–Crippen LogP) is 0.558. The largest absolute Gasteiger partial charge is 0.489 e. The van der Waals surface area contributed by atoms with Crippen LogP contribution in [-0.2, 0) is 173 Å². The van der Waals surface area contributed by atoms with E-state index in [2.05, 4.69) is 16.6 Å². The molecule has 127 valence electrons. The number of benzene rings is 1. The minimum atomic E-state index is -0.652. The molecule has 1 aromatic rings. The van der Waals surface area contributed by atoms with Gasteiger partial charge < -0.3 is 19.9 Å². The number of hydrogen-bond donors (Lipinski definition) is 1. The van der Waals surface area contributed by atoms with Crippen LogP contribution in [0.3, 0.4) is 0 Å². The van der Waals surface area contributed by atoms with E-state index in [9.17, 15) is 9.59 Å². The van der Waals surface area contributed by atoms with Gasteiger partial charge in [-0.15, -0.1) is 13.1 Å². The molecule has 2 aliphatic heterocycles. The third-order valence-electron chi connectivity index (χ3n) is 3.78. The summed E-state index contributed by atoms with van der Waals surface area (Å²) in [5.74, 6) is 0.247. The molecule has 1 aromatic carbocycles. The van der Waals surface area contributed by atoms with E-state index in [1.54, 1.807) is 11.9 Å². The minimum Gasteiger partial charge on any atom is -0.489 e. The van der Waals surface area contributed by atoms with E-state index in [-0.39, 0.29) is 182 Å². The van der Waals surface area contributed by atoms with E-state index in [1.165, 1.54) is 6.92 Å². The molecule has 1 saturated heterocycles. The molecule has 26 heavy (non-hydrogen) atoms. The summed E-state index contributed by atoms with van der Waals surface area (Å²) in [4.78, 5) is 27.4. The zero-order valence-corrected chi connectivity index (χ0v) is 29.2. The van der Waals surface area contributed by atoms with Gasteiger partial charge in [0.2, 0.25) is 5.91 Å². The van der Waals surface area contributed by atoms with Crippen molar-refractivity contribution in [1.29, 1.82) is 0 Å². The molecule has 0 bridgehead atoms.